The number of nitrogens with one attached hydrogen (secondary N) is 1. The Balaban J connectivity index is 2.32. The monoisotopic (exact) mass is 377 g/mol. The minimum absolute atomic E-state index is 0.0410. The number of carbonyl (C=O) groups excluding carboxylic acids is 1. The van der Waals surface area contributed by atoms with E-state index >= 15 is 0 Å². The number of anilines is 1. The molecule has 1 N–H and O–H groups in total. The zero-order valence-electron chi connectivity index (χ0n) is 12.8. The van der Waals surface area contributed by atoms with Crippen LogP contribution in [0, 0.1) is 0 Å². The van der Waals surface area contributed by atoms with E-state index < -0.39 is 12.5 Å². The number of ether oxygens (including phenoxy) is 1. The lowest BCUT2D eigenvalue weighted by Gasteiger charge is -2.14. The molecule has 7 nitrogen and oxygen atoms in total. The number of halogens is 3. The first-order chi connectivity index (χ1) is 11.4. The molecule has 0 saturated carbocycles. The van der Waals surface area contributed by atoms with Gasteiger partial charge in [0.15, 0.2) is 0 Å². The first-order valence-electron chi connectivity index (χ1n) is 6.87. The van der Waals surface area contributed by atoms with Crippen molar-refractivity contribution in [1.82, 2.24) is 20.2 Å². The number of hydrogen-bond donors (Lipinski definition) is 1. The van der Waals surface area contributed by atoms with Crippen molar-refractivity contribution in [3.05, 3.63) is 22.7 Å². The highest BCUT2D eigenvalue weighted by molar-refractivity contribution is 7.99. The van der Waals surface area contributed by atoms with Gasteiger partial charge in [-0.05, 0) is 34.7 Å². The number of nitrogens with zero attached hydrogens (tertiary/aromatic N) is 4. The van der Waals surface area contributed by atoms with Crippen LogP contribution in [0.5, 0.6) is 5.75 Å². The highest BCUT2D eigenvalue weighted by Crippen LogP contribution is 2.39. The van der Waals surface area contributed by atoms with Crippen LogP contribution in [0.4, 0.5) is 14.7 Å². The third-order valence-corrected chi connectivity index (χ3v) is 4.63. The number of carbonyl (C=O) groups is 1. The predicted octanol–water partition coefficient (Wildman–Crippen LogP) is 3.22. The second-order valence-corrected chi connectivity index (χ2v) is 6.04. The van der Waals surface area contributed by atoms with Gasteiger partial charge in [0.05, 0.1) is 15.5 Å². The molecule has 0 aliphatic rings. The van der Waals surface area contributed by atoms with Gasteiger partial charge in [0.25, 0.3) is 5.91 Å². The Bertz CT molecular complexity index is 728. The Kier molecular flexibility index (Phi) is 6.32. The van der Waals surface area contributed by atoms with Crippen LogP contribution >= 0.6 is 23.4 Å². The van der Waals surface area contributed by atoms with Crippen molar-refractivity contribution >= 4 is 35.2 Å². The Hall–Kier alpha value is -1.94. The Morgan fingerprint density at radius 1 is 1.50 bits per heavy atom. The highest BCUT2D eigenvalue weighted by Gasteiger charge is 2.21. The predicted molar refractivity (Wildman–Crippen MR) is 85.9 cm³/mol. The number of amides is 1. The molecule has 0 saturated heterocycles. The maximum absolute atomic E-state index is 12.5. The van der Waals surface area contributed by atoms with Crippen molar-refractivity contribution in [1.29, 1.82) is 0 Å². The number of tetrazole rings is 1. The lowest BCUT2D eigenvalue weighted by Crippen LogP contribution is -2.16. The zero-order valence-corrected chi connectivity index (χ0v) is 14.4. The molecule has 0 spiro atoms. The van der Waals surface area contributed by atoms with Gasteiger partial charge in [-0.15, -0.1) is 11.8 Å². The van der Waals surface area contributed by atoms with Gasteiger partial charge in [0.1, 0.15) is 5.75 Å². The van der Waals surface area contributed by atoms with Crippen LogP contribution in [0.25, 0.3) is 0 Å². The lowest BCUT2D eigenvalue weighted by atomic mass is 10.2. The molecule has 2 rings (SSSR count). The summed E-state index contributed by atoms with van der Waals surface area (Å²) in [5.74, 6) is 0.148. The average molecular weight is 378 g/mol. The molecule has 0 atom stereocenters. The normalized spacial score (nSPS) is 10.9. The Morgan fingerprint density at radius 2 is 2.25 bits per heavy atom. The summed E-state index contributed by atoms with van der Waals surface area (Å²) in [4.78, 5) is 12.6. The van der Waals surface area contributed by atoms with Crippen molar-refractivity contribution in [3.63, 3.8) is 0 Å². The van der Waals surface area contributed by atoms with Crippen molar-refractivity contribution in [2.75, 3.05) is 11.1 Å². The van der Waals surface area contributed by atoms with Crippen molar-refractivity contribution in [3.8, 4) is 5.75 Å². The number of alkyl halides is 2. The molecular weight excluding hydrogens is 364 g/mol. The number of thioether (sulfide) groups is 1. The van der Waals surface area contributed by atoms with E-state index in [-0.39, 0.29) is 22.3 Å². The van der Waals surface area contributed by atoms with E-state index in [9.17, 15) is 13.6 Å². The minimum atomic E-state index is -2.98. The third kappa shape index (κ3) is 4.32. The van der Waals surface area contributed by atoms with E-state index in [1.54, 1.807) is 7.05 Å². The summed E-state index contributed by atoms with van der Waals surface area (Å²) in [5.41, 5.74) is 0.111. The molecule has 2 aromatic rings. The van der Waals surface area contributed by atoms with Crippen LogP contribution in [0.2, 0.25) is 5.02 Å². The molecule has 0 aliphatic carbocycles. The van der Waals surface area contributed by atoms with Crippen LogP contribution in [-0.2, 0) is 7.05 Å². The van der Waals surface area contributed by atoms with Crippen molar-refractivity contribution < 1.29 is 18.3 Å². The van der Waals surface area contributed by atoms with E-state index in [1.807, 2.05) is 6.92 Å². The Labute approximate surface area is 145 Å². The van der Waals surface area contributed by atoms with Crippen molar-refractivity contribution in [2.24, 2.45) is 7.05 Å². The third-order valence-electron chi connectivity index (χ3n) is 2.82. The summed E-state index contributed by atoms with van der Waals surface area (Å²) in [6.45, 7) is -1.04. The van der Waals surface area contributed by atoms with E-state index in [0.717, 1.165) is 6.42 Å². The molecule has 0 bridgehead atoms. The molecule has 0 unspecified atom stereocenters. The molecular formula is C13H14ClF2N5O2S. The molecule has 130 valence electrons. The van der Waals surface area contributed by atoms with Crippen LogP contribution in [0.15, 0.2) is 17.0 Å². The van der Waals surface area contributed by atoms with Gasteiger partial charge in [-0.2, -0.15) is 8.78 Å². The second kappa shape index (κ2) is 8.25. The fraction of sp³-hybridized carbons (Fsp3) is 0.385. The topological polar surface area (TPSA) is 81.9 Å². The second-order valence-electron chi connectivity index (χ2n) is 4.56. The van der Waals surface area contributed by atoms with Gasteiger partial charge < -0.3 is 4.74 Å². The minimum Gasteiger partial charge on any atom is -0.434 e. The van der Waals surface area contributed by atoms with E-state index in [4.69, 9.17) is 11.6 Å². The molecule has 11 heteroatoms. The van der Waals surface area contributed by atoms with Gasteiger partial charge in [0.2, 0.25) is 5.95 Å². The number of benzene rings is 1. The maximum Gasteiger partial charge on any atom is 0.387 e. The largest absolute Gasteiger partial charge is 0.434 e. The SMILES string of the molecule is CCCSc1c(OC(F)F)ccc(C(=O)Nc2nnnn2C)c1Cl. The van der Waals surface area contributed by atoms with E-state index in [0.29, 0.717) is 10.6 Å². The highest BCUT2D eigenvalue weighted by atomic mass is 35.5. The van der Waals surface area contributed by atoms with Gasteiger partial charge >= 0.3 is 6.61 Å². The quantitative estimate of drug-likeness (QED) is 0.746. The van der Waals surface area contributed by atoms with Gasteiger partial charge in [-0.1, -0.05) is 23.6 Å². The summed E-state index contributed by atoms with van der Waals surface area (Å²) < 4.78 is 30.8. The molecule has 0 radical (unpaired) electrons. The molecule has 1 aromatic heterocycles. The average Bonchev–Trinajstić information content (AvgIpc) is 2.91. The number of rotatable bonds is 7. The maximum atomic E-state index is 12.5. The van der Waals surface area contributed by atoms with Crippen molar-refractivity contribution in [2.45, 2.75) is 24.9 Å². The fourth-order valence-electron chi connectivity index (χ4n) is 1.75. The summed E-state index contributed by atoms with van der Waals surface area (Å²) in [7, 11) is 1.55. The summed E-state index contributed by atoms with van der Waals surface area (Å²) >= 11 is 7.49. The van der Waals surface area contributed by atoms with Crippen LogP contribution in [-0.4, -0.2) is 38.5 Å². The van der Waals surface area contributed by atoms with Crippen LogP contribution in [0.1, 0.15) is 23.7 Å². The molecule has 0 aliphatic heterocycles. The number of aryl methyl sites for hydroxylation is 1. The van der Waals surface area contributed by atoms with Gasteiger partial charge in [0, 0.05) is 7.05 Å². The lowest BCUT2D eigenvalue weighted by molar-refractivity contribution is -0.0516. The molecule has 1 aromatic carbocycles. The zero-order chi connectivity index (χ0) is 17.7. The first-order valence-corrected chi connectivity index (χ1v) is 8.24. The molecule has 1 heterocycles. The molecule has 1 amide bonds. The fourth-order valence-corrected chi connectivity index (χ4v) is 3.05. The van der Waals surface area contributed by atoms with Gasteiger partial charge in [-0.3, -0.25) is 10.1 Å². The van der Waals surface area contributed by atoms with E-state index in [1.165, 1.54) is 28.6 Å². The standard InChI is InChI=1S/C13H14ClF2N5O2S/c1-3-6-24-10-8(23-12(15)16)5-4-7(9(10)14)11(22)17-13-18-19-20-21(13)2/h4-5,12H,3,6H2,1-2H3,(H,17,18,20,22). The summed E-state index contributed by atoms with van der Waals surface area (Å²) in [6, 6.07) is 2.61. The van der Waals surface area contributed by atoms with E-state index in [2.05, 4.69) is 25.6 Å². The molecule has 0 fully saturated rings. The Morgan fingerprint density at radius 3 is 2.83 bits per heavy atom. The first kappa shape index (κ1) is 18.4. The number of hydrogen-bond acceptors (Lipinski definition) is 6. The van der Waals surface area contributed by atoms with Crippen LogP contribution in [0.3, 0.4) is 0 Å². The summed E-state index contributed by atoms with van der Waals surface area (Å²) in [6.07, 6.45) is 0.802. The van der Waals surface area contributed by atoms with Gasteiger partial charge in [-0.25, -0.2) is 4.68 Å². The number of aromatic nitrogens is 4. The smallest absolute Gasteiger partial charge is 0.387 e. The molecule has 24 heavy (non-hydrogen) atoms. The van der Waals surface area contributed by atoms with Crippen LogP contribution < -0.4 is 10.1 Å². The summed E-state index contributed by atoms with van der Waals surface area (Å²) in [5, 5.41) is 13.2.